The first kappa shape index (κ1) is 12.3. The molecule has 2 unspecified atom stereocenters. The lowest BCUT2D eigenvalue weighted by molar-refractivity contribution is -0.148. The number of hydrogen-bond acceptors (Lipinski definition) is 4. The molecule has 2 fully saturated rings. The fraction of sp³-hybridized carbons (Fsp3) is 1.00. The van der Waals surface area contributed by atoms with Gasteiger partial charge < -0.3 is 20.9 Å². The van der Waals surface area contributed by atoms with Gasteiger partial charge in [-0.05, 0) is 45.2 Å². The summed E-state index contributed by atoms with van der Waals surface area (Å²) in [5.74, 6) is 0. The fourth-order valence-corrected chi connectivity index (χ4v) is 3.15. The summed E-state index contributed by atoms with van der Waals surface area (Å²) in [6.07, 6.45) is 4.69. The highest BCUT2D eigenvalue weighted by Gasteiger charge is 2.49. The Balaban J connectivity index is 2.16. The van der Waals surface area contributed by atoms with Gasteiger partial charge in [-0.3, -0.25) is 0 Å². The summed E-state index contributed by atoms with van der Waals surface area (Å²) in [5, 5.41) is 14.3. The van der Waals surface area contributed by atoms with Crippen LogP contribution in [0.2, 0.25) is 0 Å². The first-order valence-corrected chi connectivity index (χ1v) is 6.43. The van der Waals surface area contributed by atoms with Crippen LogP contribution in [-0.2, 0) is 4.74 Å². The average molecular weight is 228 g/mol. The Bertz CT molecular complexity index is 219. The zero-order valence-corrected chi connectivity index (χ0v) is 10.0. The van der Waals surface area contributed by atoms with E-state index in [1.807, 2.05) is 0 Å². The predicted octanol–water partition coefficient (Wildman–Crippen LogP) is 0.246. The highest BCUT2D eigenvalue weighted by atomic mass is 16.5. The number of hydrogen-bond donors (Lipinski definition) is 3. The summed E-state index contributed by atoms with van der Waals surface area (Å²) in [6.45, 7) is 3.86. The van der Waals surface area contributed by atoms with Crippen molar-refractivity contribution in [3.8, 4) is 0 Å². The largest absolute Gasteiger partial charge is 0.389 e. The van der Waals surface area contributed by atoms with E-state index in [-0.39, 0.29) is 5.41 Å². The molecule has 2 atom stereocenters. The SMILES string of the molecule is NCC1(C2(O)CCCNCC2)CCCOC1. The van der Waals surface area contributed by atoms with Crippen molar-refractivity contribution in [2.75, 3.05) is 32.8 Å². The van der Waals surface area contributed by atoms with Crippen LogP contribution >= 0.6 is 0 Å². The Morgan fingerprint density at radius 1 is 1.19 bits per heavy atom. The van der Waals surface area contributed by atoms with E-state index in [1.165, 1.54) is 0 Å². The van der Waals surface area contributed by atoms with E-state index in [2.05, 4.69) is 5.32 Å². The van der Waals surface area contributed by atoms with Crippen molar-refractivity contribution in [3.05, 3.63) is 0 Å². The van der Waals surface area contributed by atoms with Crippen molar-refractivity contribution in [1.29, 1.82) is 0 Å². The van der Waals surface area contributed by atoms with Gasteiger partial charge >= 0.3 is 0 Å². The van der Waals surface area contributed by atoms with E-state index in [0.29, 0.717) is 13.2 Å². The van der Waals surface area contributed by atoms with E-state index < -0.39 is 5.60 Å². The molecule has 0 aliphatic carbocycles. The molecule has 0 aromatic carbocycles. The van der Waals surface area contributed by atoms with Crippen LogP contribution in [0.1, 0.15) is 32.1 Å². The molecule has 2 saturated heterocycles. The molecule has 94 valence electrons. The zero-order chi connectivity index (χ0) is 11.5. The number of nitrogens with two attached hydrogens (primary N) is 1. The summed E-state index contributed by atoms with van der Waals surface area (Å²) in [7, 11) is 0. The van der Waals surface area contributed by atoms with Gasteiger partial charge in [-0.2, -0.15) is 0 Å². The molecule has 0 amide bonds. The minimum Gasteiger partial charge on any atom is -0.389 e. The van der Waals surface area contributed by atoms with Gasteiger partial charge in [0, 0.05) is 18.6 Å². The van der Waals surface area contributed by atoms with Crippen LogP contribution in [0.25, 0.3) is 0 Å². The Labute approximate surface area is 97.5 Å². The summed E-state index contributed by atoms with van der Waals surface area (Å²) >= 11 is 0. The van der Waals surface area contributed by atoms with Crippen molar-refractivity contribution in [2.45, 2.75) is 37.7 Å². The molecule has 0 radical (unpaired) electrons. The van der Waals surface area contributed by atoms with Gasteiger partial charge in [-0.15, -0.1) is 0 Å². The van der Waals surface area contributed by atoms with Crippen molar-refractivity contribution >= 4 is 0 Å². The Hall–Kier alpha value is -0.160. The van der Waals surface area contributed by atoms with Crippen LogP contribution in [0.3, 0.4) is 0 Å². The molecule has 16 heavy (non-hydrogen) atoms. The van der Waals surface area contributed by atoms with E-state index in [1.54, 1.807) is 0 Å². The van der Waals surface area contributed by atoms with Gasteiger partial charge in [0.05, 0.1) is 12.2 Å². The van der Waals surface area contributed by atoms with Crippen molar-refractivity contribution in [2.24, 2.45) is 11.1 Å². The van der Waals surface area contributed by atoms with Gasteiger partial charge in [-0.25, -0.2) is 0 Å². The molecule has 2 heterocycles. The minimum absolute atomic E-state index is 0.211. The first-order chi connectivity index (χ1) is 7.72. The monoisotopic (exact) mass is 228 g/mol. The molecule has 4 N–H and O–H groups in total. The highest BCUT2D eigenvalue weighted by Crippen LogP contribution is 2.43. The topological polar surface area (TPSA) is 67.5 Å². The molecule has 2 aliphatic heterocycles. The van der Waals surface area contributed by atoms with E-state index in [9.17, 15) is 5.11 Å². The molecule has 2 aliphatic rings. The summed E-state index contributed by atoms with van der Waals surface area (Å²) in [6, 6.07) is 0. The van der Waals surface area contributed by atoms with Crippen LogP contribution in [0.15, 0.2) is 0 Å². The van der Waals surface area contributed by atoms with Crippen LogP contribution in [0, 0.1) is 5.41 Å². The second-order valence-electron chi connectivity index (χ2n) is 5.28. The number of ether oxygens (including phenoxy) is 1. The lowest BCUT2D eigenvalue weighted by Crippen LogP contribution is -2.57. The second-order valence-corrected chi connectivity index (χ2v) is 5.28. The third-order valence-corrected chi connectivity index (χ3v) is 4.36. The van der Waals surface area contributed by atoms with Crippen molar-refractivity contribution in [3.63, 3.8) is 0 Å². The highest BCUT2D eigenvalue weighted by molar-refractivity contribution is 5.02. The van der Waals surface area contributed by atoms with E-state index in [0.717, 1.165) is 51.8 Å². The minimum atomic E-state index is -0.633. The molecular formula is C12H24N2O2. The Kier molecular flexibility index (Phi) is 3.85. The first-order valence-electron chi connectivity index (χ1n) is 6.43. The summed E-state index contributed by atoms with van der Waals surface area (Å²) in [5.41, 5.74) is 5.10. The summed E-state index contributed by atoms with van der Waals surface area (Å²) < 4.78 is 5.58. The lowest BCUT2D eigenvalue weighted by Gasteiger charge is -2.48. The average Bonchev–Trinajstić information content (AvgIpc) is 2.56. The Morgan fingerprint density at radius 2 is 2.06 bits per heavy atom. The maximum atomic E-state index is 10.9. The quantitative estimate of drug-likeness (QED) is 0.633. The molecule has 4 heteroatoms. The van der Waals surface area contributed by atoms with Crippen molar-refractivity contribution in [1.82, 2.24) is 5.32 Å². The maximum absolute atomic E-state index is 10.9. The maximum Gasteiger partial charge on any atom is 0.0750 e. The predicted molar refractivity (Wildman–Crippen MR) is 63.2 cm³/mol. The third kappa shape index (κ3) is 2.12. The summed E-state index contributed by atoms with van der Waals surface area (Å²) in [4.78, 5) is 0. The fourth-order valence-electron chi connectivity index (χ4n) is 3.15. The second kappa shape index (κ2) is 5.00. The van der Waals surface area contributed by atoms with Gasteiger partial charge in [-0.1, -0.05) is 0 Å². The molecule has 4 nitrogen and oxygen atoms in total. The van der Waals surface area contributed by atoms with E-state index >= 15 is 0 Å². The van der Waals surface area contributed by atoms with Gasteiger partial charge in [0.25, 0.3) is 0 Å². The van der Waals surface area contributed by atoms with Crippen molar-refractivity contribution < 1.29 is 9.84 Å². The molecule has 0 aromatic heterocycles. The van der Waals surface area contributed by atoms with Crippen LogP contribution in [0.4, 0.5) is 0 Å². The Morgan fingerprint density at radius 3 is 2.75 bits per heavy atom. The normalized spacial score (nSPS) is 41.6. The molecule has 0 bridgehead atoms. The van der Waals surface area contributed by atoms with Crippen LogP contribution in [0.5, 0.6) is 0 Å². The molecule has 2 rings (SSSR count). The zero-order valence-electron chi connectivity index (χ0n) is 10.0. The van der Waals surface area contributed by atoms with Gasteiger partial charge in [0.1, 0.15) is 0 Å². The van der Waals surface area contributed by atoms with Crippen LogP contribution in [-0.4, -0.2) is 43.6 Å². The lowest BCUT2D eigenvalue weighted by atomic mass is 9.65. The number of aliphatic hydroxyl groups is 1. The smallest absolute Gasteiger partial charge is 0.0750 e. The number of nitrogens with one attached hydrogen (secondary N) is 1. The van der Waals surface area contributed by atoms with Gasteiger partial charge in [0.15, 0.2) is 0 Å². The molecule has 0 saturated carbocycles. The van der Waals surface area contributed by atoms with Gasteiger partial charge in [0.2, 0.25) is 0 Å². The van der Waals surface area contributed by atoms with Crippen LogP contribution < -0.4 is 11.1 Å². The number of rotatable bonds is 2. The van der Waals surface area contributed by atoms with E-state index in [4.69, 9.17) is 10.5 Å². The standard InChI is InChI=1S/C12H24N2O2/c13-9-11(3-2-8-16-10-11)12(15)4-1-6-14-7-5-12/h14-15H,1-10,13H2. The molecular weight excluding hydrogens is 204 g/mol. The molecule has 0 aromatic rings. The third-order valence-electron chi connectivity index (χ3n) is 4.36. The molecule has 0 spiro atoms.